The van der Waals surface area contributed by atoms with Crippen LogP contribution < -0.4 is 5.32 Å². The van der Waals surface area contributed by atoms with E-state index < -0.39 is 0 Å². The first-order valence-electron chi connectivity index (χ1n) is 5.65. The second-order valence-corrected chi connectivity index (χ2v) is 3.87. The topological polar surface area (TPSA) is 68.0 Å². The van der Waals surface area contributed by atoms with Crippen molar-refractivity contribution < 1.29 is 0 Å². The van der Waals surface area contributed by atoms with E-state index in [2.05, 4.69) is 25.6 Å². The van der Waals surface area contributed by atoms with Crippen molar-refractivity contribution in [2.45, 2.75) is 6.54 Å². The molecule has 1 N–H and O–H groups in total. The Morgan fingerprint density at radius 3 is 2.72 bits per heavy atom. The molecule has 0 unspecified atom stereocenters. The lowest BCUT2D eigenvalue weighted by atomic mass is 10.2. The maximum absolute atomic E-state index is 4.55. The first kappa shape index (κ1) is 10.8. The summed E-state index contributed by atoms with van der Waals surface area (Å²) in [6.07, 6.45) is 3.50. The van der Waals surface area contributed by atoms with Crippen molar-refractivity contribution in [2.24, 2.45) is 0 Å². The van der Waals surface area contributed by atoms with Crippen LogP contribution in [0.3, 0.4) is 0 Å². The highest BCUT2D eigenvalue weighted by molar-refractivity contribution is 5.59. The van der Waals surface area contributed by atoms with Gasteiger partial charge in [-0.1, -0.05) is 0 Å². The average molecular weight is 240 g/mol. The van der Waals surface area contributed by atoms with Gasteiger partial charge in [-0.2, -0.15) is 9.61 Å². The zero-order valence-electron chi connectivity index (χ0n) is 9.91. The van der Waals surface area contributed by atoms with E-state index in [0.29, 0.717) is 6.54 Å². The number of pyridine rings is 1. The molecule has 0 atom stereocenters. The van der Waals surface area contributed by atoms with Gasteiger partial charge in [0.15, 0.2) is 11.5 Å². The van der Waals surface area contributed by atoms with Crippen LogP contribution in [0, 0.1) is 0 Å². The van der Waals surface area contributed by atoms with E-state index >= 15 is 0 Å². The summed E-state index contributed by atoms with van der Waals surface area (Å²) >= 11 is 0. The van der Waals surface area contributed by atoms with Crippen molar-refractivity contribution >= 4 is 5.65 Å². The summed E-state index contributed by atoms with van der Waals surface area (Å²) in [4.78, 5) is 4.00. The van der Waals surface area contributed by atoms with Crippen molar-refractivity contribution in [1.29, 1.82) is 0 Å². The van der Waals surface area contributed by atoms with Gasteiger partial charge in [0.1, 0.15) is 0 Å². The molecule has 0 saturated heterocycles. The highest BCUT2D eigenvalue weighted by Crippen LogP contribution is 2.15. The second-order valence-electron chi connectivity index (χ2n) is 3.87. The summed E-state index contributed by atoms with van der Waals surface area (Å²) in [7, 11) is 1.87. The van der Waals surface area contributed by atoms with Gasteiger partial charge in [-0.15, -0.1) is 10.2 Å². The van der Waals surface area contributed by atoms with E-state index in [0.717, 1.165) is 22.7 Å². The largest absolute Gasteiger partial charge is 0.313 e. The summed E-state index contributed by atoms with van der Waals surface area (Å²) in [5.74, 6) is 0.795. The zero-order chi connectivity index (χ0) is 12.4. The minimum absolute atomic E-state index is 0.633. The van der Waals surface area contributed by atoms with Crippen LogP contribution in [-0.4, -0.2) is 31.8 Å². The smallest absolute Gasteiger partial charge is 0.177 e. The SMILES string of the molecule is CNCc1nnc2ccc(-c3ccncc3)nn12. The summed E-state index contributed by atoms with van der Waals surface area (Å²) in [5, 5.41) is 15.8. The number of fused-ring (bicyclic) bond motifs is 1. The van der Waals surface area contributed by atoms with Gasteiger partial charge in [0.2, 0.25) is 0 Å². The Morgan fingerprint density at radius 2 is 1.94 bits per heavy atom. The van der Waals surface area contributed by atoms with Crippen LogP contribution in [-0.2, 0) is 6.54 Å². The van der Waals surface area contributed by atoms with Crippen LogP contribution in [0.2, 0.25) is 0 Å². The molecule has 3 aromatic rings. The Labute approximate surface area is 104 Å². The van der Waals surface area contributed by atoms with E-state index in [1.807, 2.05) is 31.3 Å². The van der Waals surface area contributed by atoms with Crippen LogP contribution in [0.1, 0.15) is 5.82 Å². The molecule has 0 radical (unpaired) electrons. The maximum atomic E-state index is 4.55. The molecular weight excluding hydrogens is 228 g/mol. The first-order chi connectivity index (χ1) is 8.88. The lowest BCUT2D eigenvalue weighted by Gasteiger charge is -2.02. The Balaban J connectivity index is 2.12. The van der Waals surface area contributed by atoms with Crippen LogP contribution >= 0.6 is 0 Å². The molecule has 6 heteroatoms. The summed E-state index contributed by atoms with van der Waals surface area (Å²) in [6.45, 7) is 0.633. The molecule has 6 nitrogen and oxygen atoms in total. The average Bonchev–Trinajstić information content (AvgIpc) is 2.83. The van der Waals surface area contributed by atoms with Crippen LogP contribution in [0.4, 0.5) is 0 Å². The molecular formula is C12H12N6. The maximum Gasteiger partial charge on any atom is 0.177 e. The highest BCUT2D eigenvalue weighted by atomic mass is 15.4. The molecule has 0 saturated carbocycles. The third-order valence-electron chi connectivity index (χ3n) is 2.64. The van der Waals surface area contributed by atoms with Gasteiger partial charge < -0.3 is 5.32 Å². The van der Waals surface area contributed by atoms with Gasteiger partial charge in [-0.3, -0.25) is 4.98 Å². The molecule has 3 rings (SSSR count). The number of hydrogen-bond donors (Lipinski definition) is 1. The number of aromatic nitrogens is 5. The Morgan fingerprint density at radius 1 is 1.11 bits per heavy atom. The number of nitrogens with one attached hydrogen (secondary N) is 1. The van der Waals surface area contributed by atoms with Crippen molar-refractivity contribution in [2.75, 3.05) is 7.05 Å². The predicted molar refractivity (Wildman–Crippen MR) is 66.8 cm³/mol. The van der Waals surface area contributed by atoms with Crippen LogP contribution in [0.15, 0.2) is 36.7 Å². The van der Waals surface area contributed by atoms with Crippen LogP contribution in [0.25, 0.3) is 16.9 Å². The van der Waals surface area contributed by atoms with Gasteiger partial charge in [-0.05, 0) is 31.3 Å². The number of hydrogen-bond acceptors (Lipinski definition) is 5. The predicted octanol–water partition coefficient (Wildman–Crippen LogP) is 0.906. The molecule has 0 bridgehead atoms. The van der Waals surface area contributed by atoms with E-state index in [9.17, 15) is 0 Å². The standard InChI is InChI=1S/C12H12N6/c1-13-8-12-16-15-11-3-2-10(17-18(11)12)9-4-6-14-7-5-9/h2-7,13H,8H2,1H3. The van der Waals surface area contributed by atoms with Gasteiger partial charge in [0, 0.05) is 18.0 Å². The van der Waals surface area contributed by atoms with Gasteiger partial charge in [0.25, 0.3) is 0 Å². The van der Waals surface area contributed by atoms with E-state index in [-0.39, 0.29) is 0 Å². The van der Waals surface area contributed by atoms with E-state index in [1.54, 1.807) is 16.9 Å². The molecule has 90 valence electrons. The summed E-state index contributed by atoms with van der Waals surface area (Å²) in [6, 6.07) is 7.70. The molecule has 0 aliphatic rings. The monoisotopic (exact) mass is 240 g/mol. The highest BCUT2D eigenvalue weighted by Gasteiger charge is 2.07. The van der Waals surface area contributed by atoms with Crippen molar-refractivity contribution in [1.82, 2.24) is 30.1 Å². The van der Waals surface area contributed by atoms with Crippen LogP contribution in [0.5, 0.6) is 0 Å². The van der Waals surface area contributed by atoms with Crippen molar-refractivity contribution in [3.05, 3.63) is 42.5 Å². The molecule has 3 heterocycles. The molecule has 0 aromatic carbocycles. The third kappa shape index (κ3) is 1.82. The van der Waals surface area contributed by atoms with Crippen molar-refractivity contribution in [3.8, 4) is 11.3 Å². The molecule has 0 fully saturated rings. The fourth-order valence-electron chi connectivity index (χ4n) is 1.78. The number of rotatable bonds is 3. The van der Waals surface area contributed by atoms with E-state index in [1.165, 1.54) is 0 Å². The minimum atomic E-state index is 0.633. The van der Waals surface area contributed by atoms with Gasteiger partial charge >= 0.3 is 0 Å². The molecule has 18 heavy (non-hydrogen) atoms. The Hall–Kier alpha value is -2.34. The lowest BCUT2D eigenvalue weighted by Crippen LogP contribution is -2.10. The molecule has 0 aliphatic carbocycles. The quantitative estimate of drug-likeness (QED) is 0.737. The fourth-order valence-corrected chi connectivity index (χ4v) is 1.78. The molecule has 0 amide bonds. The molecule has 3 aromatic heterocycles. The van der Waals surface area contributed by atoms with Gasteiger partial charge in [-0.25, -0.2) is 0 Å². The summed E-state index contributed by atoms with van der Waals surface area (Å²) < 4.78 is 1.76. The second kappa shape index (κ2) is 4.50. The third-order valence-corrected chi connectivity index (χ3v) is 2.64. The Kier molecular flexibility index (Phi) is 2.70. The fraction of sp³-hybridized carbons (Fsp3) is 0.167. The lowest BCUT2D eigenvalue weighted by molar-refractivity contribution is 0.719. The summed E-state index contributed by atoms with van der Waals surface area (Å²) in [5.41, 5.74) is 2.65. The van der Waals surface area contributed by atoms with Gasteiger partial charge in [0.05, 0.1) is 12.2 Å². The van der Waals surface area contributed by atoms with Crippen molar-refractivity contribution in [3.63, 3.8) is 0 Å². The molecule has 0 aliphatic heterocycles. The minimum Gasteiger partial charge on any atom is -0.313 e. The zero-order valence-corrected chi connectivity index (χ0v) is 9.91. The molecule has 0 spiro atoms. The normalized spacial score (nSPS) is 10.9. The Bertz CT molecular complexity index is 661. The number of nitrogens with zero attached hydrogens (tertiary/aromatic N) is 5. The van der Waals surface area contributed by atoms with E-state index in [4.69, 9.17) is 0 Å². The first-order valence-corrected chi connectivity index (χ1v) is 5.65.